The van der Waals surface area contributed by atoms with Crippen molar-refractivity contribution in [1.29, 1.82) is 0 Å². The van der Waals surface area contributed by atoms with Gasteiger partial charge in [0.1, 0.15) is 0 Å². The molecule has 2 fully saturated rings. The molecule has 1 heterocycles. The summed E-state index contributed by atoms with van der Waals surface area (Å²) < 4.78 is 0. The zero-order valence-electron chi connectivity index (χ0n) is 15.6. The van der Waals surface area contributed by atoms with Gasteiger partial charge in [-0.1, -0.05) is 60.2 Å². The summed E-state index contributed by atoms with van der Waals surface area (Å²) >= 11 is 0. The van der Waals surface area contributed by atoms with Crippen LogP contribution in [0.5, 0.6) is 0 Å². The summed E-state index contributed by atoms with van der Waals surface area (Å²) in [4.78, 5) is 17.8. The van der Waals surface area contributed by atoms with Gasteiger partial charge in [0.15, 0.2) is 0 Å². The van der Waals surface area contributed by atoms with Gasteiger partial charge in [-0.2, -0.15) is 0 Å². The Morgan fingerprint density at radius 3 is 2.50 bits per heavy atom. The van der Waals surface area contributed by atoms with Gasteiger partial charge in [-0.25, -0.2) is 0 Å². The molecule has 3 nitrogen and oxygen atoms in total. The van der Waals surface area contributed by atoms with Gasteiger partial charge >= 0.3 is 0 Å². The predicted molar refractivity (Wildman–Crippen MR) is 105 cm³/mol. The third-order valence-corrected chi connectivity index (χ3v) is 5.65. The van der Waals surface area contributed by atoms with Crippen LogP contribution in [0.2, 0.25) is 0 Å². The Balaban J connectivity index is 1.48. The van der Waals surface area contributed by atoms with Crippen LogP contribution in [0.1, 0.15) is 29.5 Å². The Morgan fingerprint density at radius 2 is 1.77 bits per heavy atom. The average Bonchev–Trinajstić information content (AvgIpc) is 3.48. The monoisotopic (exact) mass is 348 g/mol. The van der Waals surface area contributed by atoms with Gasteiger partial charge < -0.3 is 4.90 Å². The van der Waals surface area contributed by atoms with Gasteiger partial charge in [0.25, 0.3) is 0 Å². The molecule has 1 atom stereocenters. The fourth-order valence-corrected chi connectivity index (χ4v) is 4.14. The van der Waals surface area contributed by atoms with Gasteiger partial charge in [0.2, 0.25) is 5.91 Å². The highest BCUT2D eigenvalue weighted by Crippen LogP contribution is 2.29. The van der Waals surface area contributed by atoms with Gasteiger partial charge in [0.05, 0.1) is 6.42 Å². The number of aryl methyl sites for hydroxylation is 1. The summed E-state index contributed by atoms with van der Waals surface area (Å²) in [6, 6.07) is 20.0. The Bertz CT molecular complexity index is 754. The van der Waals surface area contributed by atoms with Crippen molar-refractivity contribution < 1.29 is 4.79 Å². The lowest BCUT2D eigenvalue weighted by molar-refractivity contribution is -0.135. The summed E-state index contributed by atoms with van der Waals surface area (Å²) in [7, 11) is 0. The van der Waals surface area contributed by atoms with Crippen LogP contribution in [0.3, 0.4) is 0 Å². The zero-order chi connectivity index (χ0) is 17.9. The molecule has 2 aromatic carbocycles. The minimum Gasteiger partial charge on any atom is -0.337 e. The van der Waals surface area contributed by atoms with Crippen molar-refractivity contribution in [3.8, 4) is 0 Å². The van der Waals surface area contributed by atoms with Gasteiger partial charge in [0, 0.05) is 31.7 Å². The Hall–Kier alpha value is -2.13. The van der Waals surface area contributed by atoms with Crippen LogP contribution >= 0.6 is 0 Å². The van der Waals surface area contributed by atoms with Gasteiger partial charge in [-0.3, -0.25) is 9.69 Å². The first-order valence-electron chi connectivity index (χ1n) is 9.82. The van der Waals surface area contributed by atoms with E-state index in [1.54, 1.807) is 0 Å². The van der Waals surface area contributed by atoms with Crippen molar-refractivity contribution in [2.75, 3.05) is 19.6 Å². The fourth-order valence-electron chi connectivity index (χ4n) is 4.14. The smallest absolute Gasteiger partial charge is 0.227 e. The van der Waals surface area contributed by atoms with E-state index in [1.165, 1.54) is 24.0 Å². The van der Waals surface area contributed by atoms with Gasteiger partial charge in [-0.15, -0.1) is 0 Å². The lowest BCUT2D eigenvalue weighted by atomic mass is 10.0. The second-order valence-electron chi connectivity index (χ2n) is 7.82. The Kier molecular flexibility index (Phi) is 5.07. The number of carbonyl (C=O) groups is 1. The van der Waals surface area contributed by atoms with E-state index in [-0.39, 0.29) is 11.9 Å². The highest BCUT2D eigenvalue weighted by atomic mass is 16.2. The van der Waals surface area contributed by atoms with E-state index < -0.39 is 0 Å². The SMILES string of the molecule is Cc1cccc(CC(=O)N2CCN(C3CC3)CC2Cc2ccccc2)c1. The molecular formula is C23H28N2O. The molecule has 26 heavy (non-hydrogen) atoms. The minimum absolute atomic E-state index is 0.270. The van der Waals surface area contributed by atoms with Crippen LogP contribution in [0, 0.1) is 6.92 Å². The number of hydrogen-bond acceptors (Lipinski definition) is 2. The van der Waals surface area contributed by atoms with Crippen LogP contribution < -0.4 is 0 Å². The number of benzene rings is 2. The van der Waals surface area contributed by atoms with Crippen molar-refractivity contribution in [3.63, 3.8) is 0 Å². The van der Waals surface area contributed by atoms with E-state index in [1.807, 2.05) is 6.07 Å². The van der Waals surface area contributed by atoms with Crippen molar-refractivity contribution in [3.05, 3.63) is 71.3 Å². The normalized spacial score (nSPS) is 21.0. The largest absolute Gasteiger partial charge is 0.337 e. The average molecular weight is 348 g/mol. The second kappa shape index (κ2) is 7.63. The molecule has 0 spiro atoms. The quantitative estimate of drug-likeness (QED) is 0.826. The first-order valence-corrected chi connectivity index (χ1v) is 9.82. The molecule has 1 aliphatic carbocycles. The summed E-state index contributed by atoms with van der Waals surface area (Å²) in [5, 5.41) is 0. The molecule has 0 aromatic heterocycles. The lowest BCUT2D eigenvalue weighted by Gasteiger charge is -2.42. The van der Waals surface area contributed by atoms with Crippen molar-refractivity contribution >= 4 is 5.91 Å². The Labute approximate surface area is 156 Å². The highest BCUT2D eigenvalue weighted by Gasteiger charge is 2.37. The van der Waals surface area contributed by atoms with Gasteiger partial charge in [-0.05, 0) is 37.3 Å². The first kappa shape index (κ1) is 17.3. The molecule has 1 unspecified atom stereocenters. The number of piperazine rings is 1. The molecule has 2 aliphatic rings. The van der Waals surface area contributed by atoms with Crippen molar-refractivity contribution in [1.82, 2.24) is 9.80 Å². The maximum absolute atomic E-state index is 13.1. The van der Waals surface area contributed by atoms with Crippen molar-refractivity contribution in [2.24, 2.45) is 0 Å². The van der Waals surface area contributed by atoms with Crippen LogP contribution in [0.25, 0.3) is 0 Å². The predicted octanol–water partition coefficient (Wildman–Crippen LogP) is 3.46. The molecule has 1 saturated carbocycles. The molecule has 0 bridgehead atoms. The van der Waals surface area contributed by atoms with Crippen LogP contribution in [0.4, 0.5) is 0 Å². The van der Waals surface area contributed by atoms with E-state index in [0.29, 0.717) is 6.42 Å². The number of nitrogens with zero attached hydrogens (tertiary/aromatic N) is 2. The van der Waals surface area contributed by atoms with E-state index in [4.69, 9.17) is 0 Å². The third-order valence-electron chi connectivity index (χ3n) is 5.65. The number of rotatable bonds is 5. The summed E-state index contributed by atoms with van der Waals surface area (Å²) in [5.41, 5.74) is 3.66. The summed E-state index contributed by atoms with van der Waals surface area (Å²) in [6.07, 6.45) is 4.12. The maximum Gasteiger partial charge on any atom is 0.227 e. The molecule has 0 N–H and O–H groups in total. The lowest BCUT2D eigenvalue weighted by Crippen LogP contribution is -2.56. The van der Waals surface area contributed by atoms with Crippen molar-refractivity contribution in [2.45, 2.75) is 44.7 Å². The molecule has 1 saturated heterocycles. The number of amides is 1. The van der Waals surface area contributed by atoms with E-state index in [0.717, 1.165) is 37.7 Å². The molecule has 1 aliphatic heterocycles. The molecule has 4 rings (SSSR count). The van der Waals surface area contributed by atoms with Crippen LogP contribution in [-0.4, -0.2) is 47.4 Å². The van der Waals surface area contributed by atoms with E-state index in [9.17, 15) is 4.79 Å². The third kappa shape index (κ3) is 4.16. The number of hydrogen-bond donors (Lipinski definition) is 0. The molecule has 1 amide bonds. The number of carbonyl (C=O) groups excluding carboxylic acids is 1. The minimum atomic E-state index is 0.270. The molecule has 3 heteroatoms. The Morgan fingerprint density at radius 1 is 1.00 bits per heavy atom. The van der Waals surface area contributed by atoms with Crippen LogP contribution in [0.15, 0.2) is 54.6 Å². The standard InChI is InChI=1S/C23H28N2O/c1-18-6-5-9-20(14-18)16-23(26)25-13-12-24(21-10-11-21)17-22(25)15-19-7-3-2-4-8-19/h2-9,14,21-22H,10-13,15-17H2,1H3. The van der Waals surface area contributed by atoms with E-state index in [2.05, 4.69) is 65.3 Å². The zero-order valence-corrected chi connectivity index (χ0v) is 15.6. The fraction of sp³-hybridized carbons (Fsp3) is 0.435. The maximum atomic E-state index is 13.1. The molecular weight excluding hydrogens is 320 g/mol. The summed E-state index contributed by atoms with van der Waals surface area (Å²) in [6.45, 7) is 4.98. The molecule has 2 aromatic rings. The van der Waals surface area contributed by atoms with Crippen LogP contribution in [-0.2, 0) is 17.6 Å². The second-order valence-corrected chi connectivity index (χ2v) is 7.82. The first-order chi connectivity index (χ1) is 12.7. The molecule has 0 radical (unpaired) electrons. The highest BCUT2D eigenvalue weighted by molar-refractivity contribution is 5.79. The molecule has 136 valence electrons. The summed E-state index contributed by atoms with van der Waals surface area (Å²) in [5.74, 6) is 0.270. The van der Waals surface area contributed by atoms with E-state index >= 15 is 0 Å². The topological polar surface area (TPSA) is 23.6 Å².